The molecule has 0 saturated heterocycles. The molecule has 2 nitrogen and oxygen atoms in total. The summed E-state index contributed by atoms with van der Waals surface area (Å²) < 4.78 is 5.31. The van der Waals surface area contributed by atoms with Crippen molar-refractivity contribution in [3.8, 4) is 5.75 Å². The first-order chi connectivity index (χ1) is 4.93. The third-order valence-corrected chi connectivity index (χ3v) is 1.41. The summed E-state index contributed by atoms with van der Waals surface area (Å²) in [6.45, 7) is 0.726. The molecule has 62 valence electrons. The molecule has 11 heavy (non-hydrogen) atoms. The van der Waals surface area contributed by atoms with Crippen LogP contribution in [0.1, 0.15) is 0 Å². The van der Waals surface area contributed by atoms with E-state index in [2.05, 4.69) is 15.9 Å². The summed E-state index contributed by atoms with van der Waals surface area (Å²) in [6.07, 6.45) is 0. The second-order valence-electron chi connectivity index (χ2n) is 1.85. The summed E-state index contributed by atoms with van der Waals surface area (Å²) in [5, 5.41) is 0.877. The van der Waals surface area contributed by atoms with Crippen molar-refractivity contribution in [2.75, 3.05) is 11.9 Å². The van der Waals surface area contributed by atoms with E-state index in [1.165, 1.54) is 0 Å². The number of ether oxygens (including phenoxy) is 1. The van der Waals surface area contributed by atoms with Crippen LogP contribution in [0, 0.1) is 0 Å². The van der Waals surface area contributed by atoms with E-state index in [0.717, 1.165) is 17.7 Å². The molecule has 0 radical (unpaired) electrons. The minimum Gasteiger partial charge on any atom is -0.493 e. The van der Waals surface area contributed by atoms with Crippen LogP contribution in [0.15, 0.2) is 30.3 Å². The van der Waals surface area contributed by atoms with Crippen LogP contribution < -0.4 is 10.9 Å². The van der Waals surface area contributed by atoms with Gasteiger partial charge in [-0.3, -0.25) is 0 Å². The minimum atomic E-state index is 0. The monoisotopic (exact) mass is 217 g/mol. The lowest BCUT2D eigenvalue weighted by molar-refractivity contribution is 0.345. The average molecular weight is 218 g/mol. The molecule has 0 amide bonds. The third kappa shape index (κ3) is 4.01. The molecule has 0 atom stereocenters. The second kappa shape index (κ2) is 6.19. The van der Waals surface area contributed by atoms with Gasteiger partial charge in [0.2, 0.25) is 0 Å². The Labute approximate surface area is 75.3 Å². The molecule has 0 bridgehead atoms. The summed E-state index contributed by atoms with van der Waals surface area (Å²) in [6, 6.07) is 9.79. The lowest BCUT2D eigenvalue weighted by Gasteiger charge is -2.01. The summed E-state index contributed by atoms with van der Waals surface area (Å²) in [4.78, 5) is 0. The van der Waals surface area contributed by atoms with Crippen LogP contribution in [0.4, 0.5) is 0 Å². The summed E-state index contributed by atoms with van der Waals surface area (Å²) in [7, 11) is 0. The average Bonchev–Trinajstić information content (AvgIpc) is 2.03. The van der Waals surface area contributed by atoms with Gasteiger partial charge in [-0.15, -0.1) is 0 Å². The first-order valence-corrected chi connectivity index (χ1v) is 4.29. The predicted octanol–water partition coefficient (Wildman–Crippen LogP) is 2.62. The van der Waals surface area contributed by atoms with E-state index in [1.807, 2.05) is 30.3 Å². The van der Waals surface area contributed by atoms with Gasteiger partial charge in [0.25, 0.3) is 0 Å². The van der Waals surface area contributed by atoms with Crippen molar-refractivity contribution >= 4 is 15.9 Å². The molecule has 3 N–H and O–H groups in total. The van der Waals surface area contributed by atoms with Gasteiger partial charge < -0.3 is 10.9 Å². The number of alkyl halides is 1. The number of para-hydroxylation sites is 1. The van der Waals surface area contributed by atoms with Crippen molar-refractivity contribution in [3.63, 3.8) is 0 Å². The summed E-state index contributed by atoms with van der Waals surface area (Å²) >= 11 is 3.28. The molecule has 0 spiro atoms. The van der Waals surface area contributed by atoms with Gasteiger partial charge in [-0.2, -0.15) is 0 Å². The lowest BCUT2D eigenvalue weighted by atomic mass is 10.3. The fraction of sp³-hybridized carbons (Fsp3) is 0.250. The van der Waals surface area contributed by atoms with E-state index in [0.29, 0.717) is 0 Å². The molecule has 0 saturated carbocycles. The molecular formula is C8H12BrNO. The Bertz CT molecular complexity index is 179. The van der Waals surface area contributed by atoms with Gasteiger partial charge in [-0.25, -0.2) is 0 Å². The highest BCUT2D eigenvalue weighted by atomic mass is 79.9. The molecule has 0 aliphatic carbocycles. The number of rotatable bonds is 3. The smallest absolute Gasteiger partial charge is 0.119 e. The topological polar surface area (TPSA) is 44.2 Å². The van der Waals surface area contributed by atoms with Crippen molar-refractivity contribution in [2.45, 2.75) is 0 Å². The van der Waals surface area contributed by atoms with Crippen LogP contribution in [-0.2, 0) is 0 Å². The van der Waals surface area contributed by atoms with E-state index < -0.39 is 0 Å². The van der Waals surface area contributed by atoms with E-state index >= 15 is 0 Å². The third-order valence-electron chi connectivity index (χ3n) is 1.09. The Morgan fingerprint density at radius 3 is 2.36 bits per heavy atom. The predicted molar refractivity (Wildman–Crippen MR) is 50.8 cm³/mol. The minimum absolute atomic E-state index is 0. The van der Waals surface area contributed by atoms with Gasteiger partial charge in [0.1, 0.15) is 5.75 Å². The molecule has 0 aliphatic heterocycles. The second-order valence-corrected chi connectivity index (χ2v) is 2.64. The quantitative estimate of drug-likeness (QED) is 0.792. The van der Waals surface area contributed by atoms with Gasteiger partial charge in [-0.05, 0) is 12.1 Å². The van der Waals surface area contributed by atoms with Crippen LogP contribution in [-0.4, -0.2) is 11.9 Å². The van der Waals surface area contributed by atoms with Crippen LogP contribution in [0.25, 0.3) is 0 Å². The zero-order chi connectivity index (χ0) is 7.23. The molecule has 1 rings (SSSR count). The number of hydrogen-bond donors (Lipinski definition) is 1. The molecule has 0 aliphatic rings. The zero-order valence-electron chi connectivity index (χ0n) is 6.29. The van der Waals surface area contributed by atoms with Crippen molar-refractivity contribution in [1.29, 1.82) is 0 Å². The highest BCUT2D eigenvalue weighted by molar-refractivity contribution is 9.09. The Hall–Kier alpha value is -0.540. The standard InChI is InChI=1S/C8H9BrO.H3N/c9-6-7-10-8-4-2-1-3-5-8;/h1-5H,6-7H2;1H3. The number of benzene rings is 1. The maximum Gasteiger partial charge on any atom is 0.119 e. The van der Waals surface area contributed by atoms with Crippen LogP contribution in [0.2, 0.25) is 0 Å². The lowest BCUT2D eigenvalue weighted by Crippen LogP contribution is -1.96. The molecule has 1 aromatic rings. The van der Waals surface area contributed by atoms with Gasteiger partial charge >= 0.3 is 0 Å². The summed E-state index contributed by atoms with van der Waals surface area (Å²) in [5.41, 5.74) is 0. The molecule has 3 heteroatoms. The molecule has 0 aromatic heterocycles. The first-order valence-electron chi connectivity index (χ1n) is 3.17. The van der Waals surface area contributed by atoms with Gasteiger partial charge in [0, 0.05) is 5.33 Å². The SMILES string of the molecule is BrCCOc1ccccc1.N. The van der Waals surface area contributed by atoms with Gasteiger partial charge in [0.15, 0.2) is 0 Å². The van der Waals surface area contributed by atoms with E-state index in [9.17, 15) is 0 Å². The fourth-order valence-electron chi connectivity index (χ4n) is 0.673. The van der Waals surface area contributed by atoms with Crippen molar-refractivity contribution in [2.24, 2.45) is 0 Å². The highest BCUT2D eigenvalue weighted by Crippen LogP contribution is 2.07. The molecular weight excluding hydrogens is 206 g/mol. The molecule has 1 aromatic carbocycles. The Morgan fingerprint density at radius 1 is 1.18 bits per heavy atom. The molecule has 0 unspecified atom stereocenters. The van der Waals surface area contributed by atoms with Gasteiger partial charge in [-0.1, -0.05) is 34.1 Å². The first kappa shape index (κ1) is 10.5. The zero-order valence-corrected chi connectivity index (χ0v) is 7.88. The fourth-order valence-corrected chi connectivity index (χ4v) is 0.835. The van der Waals surface area contributed by atoms with Crippen molar-refractivity contribution in [1.82, 2.24) is 6.15 Å². The Balaban J connectivity index is 0.000001000. The van der Waals surface area contributed by atoms with Crippen LogP contribution in [0.5, 0.6) is 5.75 Å². The van der Waals surface area contributed by atoms with Crippen molar-refractivity contribution < 1.29 is 4.74 Å². The van der Waals surface area contributed by atoms with E-state index in [-0.39, 0.29) is 6.15 Å². The van der Waals surface area contributed by atoms with E-state index in [1.54, 1.807) is 0 Å². The largest absolute Gasteiger partial charge is 0.493 e. The van der Waals surface area contributed by atoms with E-state index in [4.69, 9.17) is 4.74 Å². The Morgan fingerprint density at radius 2 is 1.82 bits per heavy atom. The van der Waals surface area contributed by atoms with Gasteiger partial charge in [0.05, 0.1) is 6.61 Å². The highest BCUT2D eigenvalue weighted by Gasteiger charge is 1.86. The number of halogens is 1. The molecule has 0 fully saturated rings. The maximum atomic E-state index is 5.31. The van der Waals surface area contributed by atoms with Crippen LogP contribution in [0.3, 0.4) is 0 Å². The van der Waals surface area contributed by atoms with Crippen LogP contribution >= 0.6 is 15.9 Å². The summed E-state index contributed by atoms with van der Waals surface area (Å²) in [5.74, 6) is 0.932. The normalized spacial score (nSPS) is 8.45. The maximum absolute atomic E-state index is 5.31. The number of hydrogen-bond acceptors (Lipinski definition) is 2. The Kier molecular flexibility index (Phi) is 5.88. The molecule has 0 heterocycles. The van der Waals surface area contributed by atoms with Crippen molar-refractivity contribution in [3.05, 3.63) is 30.3 Å².